The fourth-order valence-electron chi connectivity index (χ4n) is 7.53. The van der Waals surface area contributed by atoms with E-state index in [-0.39, 0.29) is 11.9 Å². The van der Waals surface area contributed by atoms with Crippen LogP contribution in [0.4, 0.5) is 0 Å². The van der Waals surface area contributed by atoms with Gasteiger partial charge in [-0.25, -0.2) is 0 Å². The van der Waals surface area contributed by atoms with Gasteiger partial charge >= 0.3 is 11.9 Å². The van der Waals surface area contributed by atoms with E-state index < -0.39 is 12.1 Å². The summed E-state index contributed by atoms with van der Waals surface area (Å²) >= 11 is 0. The largest absolute Gasteiger partial charge is 0.428 e. The van der Waals surface area contributed by atoms with Crippen LogP contribution in [0.5, 0.6) is 0 Å². The zero-order valence-corrected chi connectivity index (χ0v) is 35.4. The number of rotatable bonds is 42. The molecule has 1 rings (SSSR count). The second-order valence-corrected chi connectivity index (χ2v) is 16.7. The lowest BCUT2D eigenvalue weighted by molar-refractivity contribution is -0.160. The molecule has 0 aromatic heterocycles. The zero-order chi connectivity index (χ0) is 37.6. The van der Waals surface area contributed by atoms with Gasteiger partial charge in [-0.15, -0.1) is 0 Å². The van der Waals surface area contributed by atoms with Gasteiger partial charge in [0.2, 0.25) is 0 Å². The van der Waals surface area contributed by atoms with Crippen molar-refractivity contribution in [2.75, 3.05) is 0 Å². The third-order valence-electron chi connectivity index (χ3n) is 11.2. The van der Waals surface area contributed by atoms with Crippen LogP contribution >= 0.6 is 0 Å². The lowest BCUT2D eigenvalue weighted by Crippen LogP contribution is -2.23. The van der Waals surface area contributed by atoms with Crippen LogP contribution in [0.3, 0.4) is 0 Å². The average Bonchev–Trinajstić information content (AvgIpc) is 3.76. The number of hydrogen-bond donors (Lipinski definition) is 0. The van der Waals surface area contributed by atoms with Gasteiger partial charge in [-0.05, 0) is 12.8 Å². The highest BCUT2D eigenvalue weighted by molar-refractivity contribution is 5.71. The zero-order valence-electron chi connectivity index (χ0n) is 35.4. The molecule has 0 aromatic carbocycles. The highest BCUT2D eigenvalue weighted by atomic mass is 16.9. The molecule has 0 aliphatic carbocycles. The summed E-state index contributed by atoms with van der Waals surface area (Å²) in [7, 11) is 0. The number of ether oxygens (including phenoxy) is 3. The quantitative estimate of drug-likeness (QED) is 0.0355. The number of carbonyl (C=O) groups excluding carboxylic acids is 2. The minimum absolute atomic E-state index is 0.254. The van der Waals surface area contributed by atoms with E-state index >= 15 is 0 Å². The summed E-state index contributed by atoms with van der Waals surface area (Å²) in [5.74, 6) is -1.61. The second-order valence-electron chi connectivity index (χ2n) is 16.7. The summed E-state index contributed by atoms with van der Waals surface area (Å²) in [6.07, 6.45) is 50.8. The Morgan fingerprint density at radius 2 is 0.615 bits per heavy atom. The molecule has 0 amide bonds. The van der Waals surface area contributed by atoms with Crippen molar-refractivity contribution in [3.05, 3.63) is 0 Å². The lowest BCUT2D eigenvalue weighted by Gasteiger charge is -2.09. The maximum Gasteiger partial charge on any atom is 0.308 e. The van der Waals surface area contributed by atoms with Crippen LogP contribution in [0.1, 0.15) is 278 Å². The fourth-order valence-corrected chi connectivity index (χ4v) is 7.53. The van der Waals surface area contributed by atoms with Gasteiger partial charge in [-0.1, -0.05) is 245 Å². The van der Waals surface area contributed by atoms with E-state index in [0.717, 1.165) is 25.7 Å². The Kier molecular flexibility index (Phi) is 34.7. The van der Waals surface area contributed by atoms with Gasteiger partial charge in [0.05, 0.1) is 0 Å². The minimum Gasteiger partial charge on any atom is -0.428 e. The van der Waals surface area contributed by atoms with E-state index in [1.165, 1.54) is 218 Å². The molecule has 2 unspecified atom stereocenters. The highest BCUT2D eigenvalue weighted by Crippen LogP contribution is 2.39. The van der Waals surface area contributed by atoms with Gasteiger partial charge in [0, 0.05) is 19.8 Å². The maximum atomic E-state index is 12.3. The van der Waals surface area contributed by atoms with Crippen molar-refractivity contribution in [1.29, 1.82) is 0 Å². The van der Waals surface area contributed by atoms with Crippen LogP contribution in [-0.4, -0.2) is 24.0 Å². The molecule has 0 bridgehead atoms. The summed E-state index contributed by atoms with van der Waals surface area (Å²) in [6, 6.07) is 0. The molecule has 5 nitrogen and oxygen atoms in total. The van der Waals surface area contributed by atoms with Crippen LogP contribution in [0.15, 0.2) is 0 Å². The molecule has 1 fully saturated rings. The van der Waals surface area contributed by atoms with E-state index in [1.807, 2.05) is 0 Å². The minimum atomic E-state index is -1.10. The molecule has 5 heteroatoms. The summed E-state index contributed by atoms with van der Waals surface area (Å²) < 4.78 is 16.4. The summed E-state index contributed by atoms with van der Waals surface area (Å²) in [5.41, 5.74) is 0. The maximum absolute atomic E-state index is 12.3. The molecular weight excluding hydrogens is 645 g/mol. The molecule has 0 aromatic rings. The number of esters is 2. The average molecular weight is 735 g/mol. The van der Waals surface area contributed by atoms with Crippen LogP contribution in [0, 0.1) is 0 Å². The normalized spacial score (nSPS) is 16.7. The number of hydrogen-bond acceptors (Lipinski definition) is 5. The predicted molar refractivity (Wildman–Crippen MR) is 221 cm³/mol. The van der Waals surface area contributed by atoms with Crippen molar-refractivity contribution in [3.8, 4) is 0 Å². The molecule has 1 heterocycles. The fraction of sp³-hybridized carbons (Fsp3) is 0.957. The van der Waals surface area contributed by atoms with Gasteiger partial charge in [0.15, 0.2) is 0 Å². The van der Waals surface area contributed by atoms with Crippen molar-refractivity contribution in [2.24, 2.45) is 0 Å². The molecule has 308 valence electrons. The Labute approximate surface area is 324 Å². The molecule has 1 aliphatic heterocycles. The third kappa shape index (κ3) is 32.3. The van der Waals surface area contributed by atoms with Crippen molar-refractivity contribution >= 4 is 11.9 Å². The molecule has 0 saturated carbocycles. The van der Waals surface area contributed by atoms with Crippen molar-refractivity contribution in [3.63, 3.8) is 0 Å². The number of epoxide rings is 1. The summed E-state index contributed by atoms with van der Waals surface area (Å²) in [4.78, 5) is 24.6. The van der Waals surface area contributed by atoms with Crippen molar-refractivity contribution in [2.45, 2.75) is 290 Å². The van der Waals surface area contributed by atoms with E-state index in [2.05, 4.69) is 13.8 Å². The van der Waals surface area contributed by atoms with Gasteiger partial charge in [-0.3, -0.25) is 14.3 Å². The smallest absolute Gasteiger partial charge is 0.308 e. The molecule has 0 radical (unpaired) electrons. The first-order chi connectivity index (χ1) is 25.5. The Bertz CT molecular complexity index is 784. The van der Waals surface area contributed by atoms with Crippen LogP contribution < -0.4 is 0 Å². The van der Waals surface area contributed by atoms with Gasteiger partial charge in [0.1, 0.15) is 0 Å². The van der Waals surface area contributed by atoms with E-state index in [4.69, 9.17) is 14.2 Å². The Balaban J connectivity index is 1.81. The number of carbonyl (C=O) groups is 2. The monoisotopic (exact) mass is 735 g/mol. The Morgan fingerprint density at radius 1 is 0.385 bits per heavy atom. The summed E-state index contributed by atoms with van der Waals surface area (Å²) in [5, 5.41) is 0. The molecule has 1 saturated heterocycles. The topological polar surface area (TPSA) is 65.1 Å². The predicted octanol–water partition coefficient (Wildman–Crippen LogP) is 15.8. The van der Waals surface area contributed by atoms with Crippen molar-refractivity contribution in [1.82, 2.24) is 0 Å². The standard InChI is InChI=1S/C47H90O5/c1-4-6-8-10-12-14-16-18-20-22-24-26-28-30-32-34-36-38-40-42-44(48)50-46-47(3,52-46)51-45(49)43-41-39-37-35-33-31-29-27-25-23-21-19-17-15-13-11-9-7-5-2/h46H,4-43H2,1-3H3. The van der Waals surface area contributed by atoms with Gasteiger partial charge < -0.3 is 9.47 Å². The van der Waals surface area contributed by atoms with Crippen molar-refractivity contribution < 1.29 is 23.8 Å². The molecule has 1 aliphatic rings. The number of unbranched alkanes of at least 4 members (excludes halogenated alkanes) is 36. The first-order valence-electron chi connectivity index (χ1n) is 23.6. The highest BCUT2D eigenvalue weighted by Gasteiger charge is 2.60. The molecule has 52 heavy (non-hydrogen) atoms. The van der Waals surface area contributed by atoms with Crippen LogP contribution in [0.25, 0.3) is 0 Å². The molecule has 2 atom stereocenters. The van der Waals surface area contributed by atoms with Crippen LogP contribution in [-0.2, 0) is 23.8 Å². The SMILES string of the molecule is CCCCCCCCCCCCCCCCCCCCCC(=O)OC1OC1(C)OC(=O)CCCCCCCCCCCCCCCCCCCCC. The van der Waals surface area contributed by atoms with Crippen LogP contribution in [0.2, 0.25) is 0 Å². The van der Waals surface area contributed by atoms with E-state index in [1.54, 1.807) is 6.92 Å². The molecular formula is C47H90O5. The van der Waals surface area contributed by atoms with Gasteiger partial charge in [0.25, 0.3) is 12.1 Å². The van der Waals surface area contributed by atoms with Gasteiger partial charge in [-0.2, -0.15) is 0 Å². The summed E-state index contributed by atoms with van der Waals surface area (Å²) in [6.45, 7) is 6.27. The molecule has 0 spiro atoms. The Morgan fingerprint density at radius 3 is 0.885 bits per heavy atom. The Hall–Kier alpha value is -1.10. The first kappa shape index (κ1) is 48.9. The van der Waals surface area contributed by atoms with E-state index in [0.29, 0.717) is 12.8 Å². The lowest BCUT2D eigenvalue weighted by atomic mass is 10.0. The first-order valence-corrected chi connectivity index (χ1v) is 23.6. The van der Waals surface area contributed by atoms with E-state index in [9.17, 15) is 9.59 Å². The second kappa shape index (κ2) is 36.9. The molecule has 0 N–H and O–H groups in total. The third-order valence-corrected chi connectivity index (χ3v) is 11.2.